The number of aliphatic hydroxyl groups is 1. The average molecular weight is 2120 g/mol. The van der Waals surface area contributed by atoms with Crippen LogP contribution in [0.25, 0.3) is 32.7 Å². The number of fused-ring (bicyclic) bond motifs is 3. The number of hydrogen-bond acceptors (Lipinski definition) is 25. The highest BCUT2D eigenvalue weighted by molar-refractivity contribution is 7.93. The molecule has 3 atom stereocenters. The van der Waals surface area contributed by atoms with E-state index in [9.17, 15) is 75.5 Å². The molecule has 5 N–H and O–H groups in total. The number of thiazole rings is 2. The van der Waals surface area contributed by atoms with Crippen LogP contribution in [-0.2, 0) is 77.6 Å². The number of piperazine rings is 3. The van der Waals surface area contributed by atoms with Crippen LogP contribution in [0.2, 0.25) is 10.0 Å². The second-order valence-corrected chi connectivity index (χ2v) is 43.1. The van der Waals surface area contributed by atoms with Gasteiger partial charge in [0.05, 0.1) is 52.3 Å². The van der Waals surface area contributed by atoms with Crippen molar-refractivity contribution in [1.82, 2.24) is 63.2 Å². The molecular weight excluding hydrogens is 2010 g/mol. The molecule has 4 amide bonds. The standard InChI is InChI=1S/C25H25ClN6O3S.C24H23ClN4O4S2.C24H24F3N5O4S.C24H24FN5O3S2.5H2/c1-18(32-12-9-19-3-4-20(26)17-23(19)32)24(33)31-15-13-30(14-16-31)21-5-7-22(8-6-21)36(34,35)29-25-27-10-2-11-28-25;25-20-3-1-2-17-8-12-29(22(17)20)16-21(30)28-13-9-24(31,10-14-28)18-4-6-19(7-5-18)35(32,33)27-23-26-11-15-34-23;1-17(36-20-4-2-3-18(15-20)24(25,26)27)23(33)32-13-11-31(12-14-32)19-5-7-21(8-6-19)37(34,35)30-22-9-10-28-16-29-22;1-17(30-11-9-18-3-2-4-21(25)22(18)30)23(31)29-14-12-28(13-15-29)19-5-7-20(8-6-19)35(32,33)27-24-26-10-16-34-24;;;;;/h2-12,17-18H,13-16H2,1H3,(H,27,28,29);1-8,11-12,15,31H,9-10,13-14,16H2,(H,26,27);2-10,15-17H,11-14H2,1H3,(H,28,29,30);2-11,16-17H,12-15H2,1H3,(H,26,27);5*1H/t18-;;;17-;;;;;/m1..0...../s1. The minimum absolute atomic E-state index is 0. The molecule has 4 aliphatic heterocycles. The minimum atomic E-state index is -4.50. The number of amides is 4. The number of para-hydroxylation sites is 2. The van der Waals surface area contributed by atoms with E-state index in [4.69, 9.17) is 27.9 Å². The topological polar surface area (TPSA) is 397 Å². The van der Waals surface area contributed by atoms with Crippen LogP contribution in [0.3, 0.4) is 0 Å². The number of alkyl halides is 3. The Morgan fingerprint density at radius 2 is 0.937 bits per heavy atom. The normalized spacial score (nSPS) is 15.4. The van der Waals surface area contributed by atoms with Gasteiger partial charge in [-0.2, -0.15) is 13.2 Å². The van der Waals surface area contributed by atoms with Gasteiger partial charge in [0.25, 0.3) is 46.0 Å². The zero-order chi connectivity index (χ0) is 101. The number of halogens is 6. The molecule has 0 radical (unpaired) electrons. The van der Waals surface area contributed by atoms with E-state index in [2.05, 4.69) is 58.6 Å². The van der Waals surface area contributed by atoms with Gasteiger partial charge in [0, 0.05) is 192 Å². The first-order chi connectivity index (χ1) is 68.4. The van der Waals surface area contributed by atoms with E-state index in [0.717, 1.165) is 56.4 Å². The van der Waals surface area contributed by atoms with Crippen LogP contribution in [0, 0.1) is 5.82 Å². The lowest BCUT2D eigenvalue weighted by Gasteiger charge is -2.38. The monoisotopic (exact) mass is 2110 g/mol. The van der Waals surface area contributed by atoms with Crippen molar-refractivity contribution < 1.29 is 87.4 Å². The Morgan fingerprint density at radius 3 is 1.45 bits per heavy atom. The van der Waals surface area contributed by atoms with Gasteiger partial charge < -0.3 is 57.8 Å². The van der Waals surface area contributed by atoms with Gasteiger partial charge in [-0.15, -0.1) is 22.7 Å². The van der Waals surface area contributed by atoms with Gasteiger partial charge in [-0.05, 0) is 202 Å². The SMILES string of the molecule is CC(Oc1cccc(C(F)(F)F)c1)C(=O)N1CCN(c2ccc(S(=O)(=O)Nc3ccncn3)cc2)CC1.C[C@@H](C(=O)N1CCN(c2ccc(S(=O)(=O)Nc3nccs3)cc2)CC1)n1ccc2cccc(F)c21.C[C@H](C(=O)N1CCN(c2ccc(S(=O)(=O)Nc3ncccn3)cc2)CC1)n1ccc2ccc(Cl)cc21.O=C(Cn1ccc2cccc(Cl)c21)N1CCC(O)(c2ccc(S(=O)(=O)Nc3nccs3)cc2)CC1.[HH].[HH].[HH].[HH].[HH]. The number of benzene rings is 8. The zero-order valence-electron chi connectivity index (χ0n) is 76.9. The highest BCUT2D eigenvalue weighted by atomic mass is 35.5. The fraction of sp³-hybridized carbons (Fsp3) is 0.258. The number of rotatable bonds is 25. The Kier molecular flexibility index (Phi) is 31.4. The summed E-state index contributed by atoms with van der Waals surface area (Å²) in [5, 5.41) is 19.3. The first-order valence-electron chi connectivity index (χ1n) is 45.0. The fourth-order valence-corrected chi connectivity index (χ4v) is 23.0. The number of anilines is 7. The van der Waals surface area contributed by atoms with E-state index in [0.29, 0.717) is 136 Å². The summed E-state index contributed by atoms with van der Waals surface area (Å²) in [6.45, 7) is 12.6. The van der Waals surface area contributed by atoms with Gasteiger partial charge in [-0.1, -0.05) is 71.7 Å². The number of carbonyl (C=O) groups excluding carboxylic acids is 4. The fourth-order valence-electron chi connectivity index (χ4n) is 17.0. The number of sulfonamides is 4. The number of ether oxygens (including phenoxy) is 1. The second-order valence-electron chi connectivity index (χ2n) is 33.7. The number of aromatic nitrogens is 9. The molecule has 143 heavy (non-hydrogen) atoms. The van der Waals surface area contributed by atoms with E-state index < -0.39 is 69.6 Å². The molecule has 0 bridgehead atoms. The third-order valence-corrected chi connectivity index (χ3v) is 32.3. The molecule has 46 heteroatoms. The van der Waals surface area contributed by atoms with Crippen LogP contribution in [0.1, 0.15) is 64.0 Å². The second kappa shape index (κ2) is 43.9. The van der Waals surface area contributed by atoms with E-state index in [1.807, 2.05) is 92.8 Å². The molecule has 4 fully saturated rings. The van der Waals surface area contributed by atoms with Crippen molar-refractivity contribution in [2.24, 2.45) is 0 Å². The quantitative estimate of drug-likeness (QED) is 0.0332. The molecule has 0 saturated carbocycles. The van der Waals surface area contributed by atoms with Gasteiger partial charge in [0.1, 0.15) is 42.3 Å². The van der Waals surface area contributed by atoms with Crippen LogP contribution in [-0.4, -0.2) is 223 Å². The average Bonchev–Trinajstić information content (AvgIpc) is 1.63. The van der Waals surface area contributed by atoms with Gasteiger partial charge in [-0.25, -0.2) is 72.7 Å². The Balaban J connectivity index is 0.000000185. The summed E-state index contributed by atoms with van der Waals surface area (Å²) in [4.78, 5) is 89.2. The summed E-state index contributed by atoms with van der Waals surface area (Å²) in [7, 11) is -15.1. The van der Waals surface area contributed by atoms with Crippen molar-refractivity contribution in [3.05, 3.63) is 300 Å². The number of carbonyl (C=O) groups is 4. The molecule has 11 heterocycles. The first kappa shape index (κ1) is 102. The Morgan fingerprint density at radius 1 is 0.469 bits per heavy atom. The smallest absolute Gasteiger partial charge is 0.416 e. The maximum Gasteiger partial charge on any atom is 0.416 e. The van der Waals surface area contributed by atoms with Gasteiger partial charge in [0.2, 0.25) is 23.7 Å². The molecule has 8 aromatic carbocycles. The highest BCUT2D eigenvalue weighted by Crippen LogP contribution is 2.38. The third-order valence-electron chi connectivity index (χ3n) is 24.7. The lowest BCUT2D eigenvalue weighted by Crippen LogP contribution is -2.52. The summed E-state index contributed by atoms with van der Waals surface area (Å²) in [6, 6.07) is 54.4. The molecule has 15 aromatic rings. The molecule has 0 spiro atoms. The van der Waals surface area contributed by atoms with Crippen LogP contribution < -0.4 is 38.3 Å². The van der Waals surface area contributed by atoms with Crippen LogP contribution in [0.4, 0.5) is 56.7 Å². The lowest BCUT2D eigenvalue weighted by atomic mass is 9.84. The minimum Gasteiger partial charge on any atom is -0.481 e. The maximum absolute atomic E-state index is 14.4. The van der Waals surface area contributed by atoms with Crippen molar-refractivity contribution >= 4 is 181 Å². The van der Waals surface area contributed by atoms with E-state index >= 15 is 0 Å². The van der Waals surface area contributed by atoms with Crippen LogP contribution in [0.5, 0.6) is 5.75 Å². The third kappa shape index (κ3) is 24.6. The van der Waals surface area contributed by atoms with Crippen LogP contribution >= 0.6 is 45.9 Å². The number of likely N-dealkylation sites (tertiary alicyclic amines) is 1. The summed E-state index contributed by atoms with van der Waals surface area (Å²) in [6.07, 6.45) is 9.45. The molecule has 4 aliphatic rings. The maximum atomic E-state index is 14.4. The molecule has 34 nitrogen and oxygen atoms in total. The molecule has 756 valence electrons. The molecule has 1 unspecified atom stereocenters. The Hall–Kier alpha value is -13.9. The summed E-state index contributed by atoms with van der Waals surface area (Å²) in [5.41, 5.74) is 3.43. The predicted molar refractivity (Wildman–Crippen MR) is 551 cm³/mol. The Bertz CT molecular complexity index is 7530. The largest absolute Gasteiger partial charge is 0.481 e. The summed E-state index contributed by atoms with van der Waals surface area (Å²) in [5.74, 6) is -0.557. The van der Waals surface area contributed by atoms with Crippen molar-refractivity contribution in [3.63, 3.8) is 0 Å². The first-order valence-corrected chi connectivity index (χ1v) is 53.4. The predicted octanol–water partition coefficient (Wildman–Crippen LogP) is 16.4. The molecule has 0 aliphatic carbocycles. The molecule has 7 aromatic heterocycles. The molecular formula is C97H106Cl2F4N20O14S6. The van der Waals surface area contributed by atoms with Gasteiger partial charge in [0.15, 0.2) is 16.4 Å². The molecule has 19 rings (SSSR count). The number of nitrogens with one attached hydrogen (secondary N) is 4. The van der Waals surface area contributed by atoms with Crippen molar-refractivity contribution in [3.8, 4) is 5.75 Å². The van der Waals surface area contributed by atoms with Gasteiger partial charge in [-0.3, -0.25) is 33.3 Å². The lowest BCUT2D eigenvalue weighted by molar-refractivity contribution is -0.139. The summed E-state index contributed by atoms with van der Waals surface area (Å²) < 4.78 is 174. The zero-order valence-corrected chi connectivity index (χ0v) is 83.3. The van der Waals surface area contributed by atoms with Gasteiger partial charge >= 0.3 is 6.18 Å². The number of nitrogens with zero attached hydrogens (tertiary/aromatic N) is 16. The van der Waals surface area contributed by atoms with E-state index in [-0.39, 0.29) is 86.3 Å². The molecule has 4 saturated heterocycles. The van der Waals surface area contributed by atoms with Crippen molar-refractivity contribution in [2.45, 2.75) is 89.7 Å². The van der Waals surface area contributed by atoms with E-state index in [1.54, 1.807) is 134 Å². The number of hydrogen-bond donors (Lipinski definition) is 5. The van der Waals surface area contributed by atoms with Crippen LogP contribution in [0.15, 0.2) is 293 Å². The number of piperidine rings is 1. The van der Waals surface area contributed by atoms with Crippen molar-refractivity contribution in [2.75, 3.05) is 125 Å². The van der Waals surface area contributed by atoms with Crippen molar-refractivity contribution in [1.29, 1.82) is 0 Å². The summed E-state index contributed by atoms with van der Waals surface area (Å²) >= 11 is 14.9. The van der Waals surface area contributed by atoms with E-state index in [1.165, 1.54) is 115 Å². The highest BCUT2D eigenvalue weighted by Gasteiger charge is 2.38. The Labute approximate surface area is 846 Å².